The topological polar surface area (TPSA) is 60.2 Å². The smallest absolute Gasteiger partial charge is 0.226 e. The van der Waals surface area contributed by atoms with Gasteiger partial charge in [0.25, 0.3) is 0 Å². The molecule has 1 aliphatic heterocycles. The first-order valence-electron chi connectivity index (χ1n) is 7.48. The zero-order valence-corrected chi connectivity index (χ0v) is 12.3. The maximum absolute atomic E-state index is 5.38. The molecule has 1 saturated heterocycles. The second kappa shape index (κ2) is 6.72. The zero-order valence-electron chi connectivity index (χ0n) is 12.3. The number of methoxy groups -OCH3 is 1. The van der Waals surface area contributed by atoms with Crippen LogP contribution >= 0.6 is 0 Å². The summed E-state index contributed by atoms with van der Waals surface area (Å²) in [6.45, 7) is 2.18. The van der Waals surface area contributed by atoms with Crippen molar-refractivity contribution in [2.45, 2.75) is 25.7 Å². The molecule has 21 heavy (non-hydrogen) atoms. The van der Waals surface area contributed by atoms with Crippen LogP contribution in [0.4, 0.5) is 0 Å². The van der Waals surface area contributed by atoms with Crippen LogP contribution in [0.3, 0.4) is 0 Å². The molecule has 1 fully saturated rings. The summed E-state index contributed by atoms with van der Waals surface area (Å²) < 4.78 is 10.6. The molecule has 1 atom stereocenters. The number of nitrogens with zero attached hydrogens (tertiary/aromatic N) is 2. The molecule has 112 valence electrons. The fourth-order valence-electron chi connectivity index (χ4n) is 2.76. The molecule has 0 spiro atoms. The Kier molecular flexibility index (Phi) is 4.50. The van der Waals surface area contributed by atoms with Crippen LogP contribution in [0.2, 0.25) is 0 Å². The van der Waals surface area contributed by atoms with E-state index in [1.54, 1.807) is 7.11 Å². The minimum absolute atomic E-state index is 0.615. The third-order valence-corrected chi connectivity index (χ3v) is 3.87. The summed E-state index contributed by atoms with van der Waals surface area (Å²) in [5.41, 5.74) is 1.13. The summed E-state index contributed by atoms with van der Waals surface area (Å²) in [6.07, 6.45) is 4.01. The molecule has 0 saturated carbocycles. The van der Waals surface area contributed by atoms with Gasteiger partial charge in [0.05, 0.1) is 7.11 Å². The van der Waals surface area contributed by atoms with Gasteiger partial charge < -0.3 is 14.6 Å². The molecule has 1 aliphatic rings. The maximum atomic E-state index is 5.38. The average molecular weight is 287 g/mol. The van der Waals surface area contributed by atoms with E-state index in [1.807, 2.05) is 24.3 Å². The minimum atomic E-state index is 0.615. The summed E-state index contributed by atoms with van der Waals surface area (Å²) in [5.74, 6) is 2.96. The highest BCUT2D eigenvalue weighted by Gasteiger charge is 2.17. The molecule has 0 amide bonds. The number of rotatable bonds is 5. The van der Waals surface area contributed by atoms with E-state index in [2.05, 4.69) is 15.5 Å². The van der Waals surface area contributed by atoms with E-state index in [-0.39, 0.29) is 0 Å². The lowest BCUT2D eigenvalue weighted by molar-refractivity contribution is 0.314. The number of aromatic nitrogens is 2. The largest absolute Gasteiger partial charge is 0.497 e. The van der Waals surface area contributed by atoms with Crippen LogP contribution in [0.5, 0.6) is 5.75 Å². The molecule has 3 rings (SSSR count). The van der Waals surface area contributed by atoms with Crippen molar-refractivity contribution in [1.29, 1.82) is 0 Å². The third-order valence-electron chi connectivity index (χ3n) is 3.87. The Morgan fingerprint density at radius 3 is 3.19 bits per heavy atom. The van der Waals surface area contributed by atoms with Crippen LogP contribution in [0.25, 0.3) is 0 Å². The average Bonchev–Trinajstić information content (AvgIpc) is 2.95. The molecule has 1 aromatic heterocycles. The van der Waals surface area contributed by atoms with Gasteiger partial charge in [-0.1, -0.05) is 17.3 Å². The monoisotopic (exact) mass is 287 g/mol. The number of hydrogen-bond donors (Lipinski definition) is 1. The maximum Gasteiger partial charge on any atom is 0.226 e. The van der Waals surface area contributed by atoms with Crippen LogP contribution in [0.15, 0.2) is 28.8 Å². The third kappa shape index (κ3) is 3.82. The molecule has 1 N–H and O–H groups in total. The summed E-state index contributed by atoms with van der Waals surface area (Å²) in [7, 11) is 1.67. The first kappa shape index (κ1) is 14.1. The SMILES string of the molecule is COc1cccc(Cc2noc(CC3CCCNC3)n2)c1. The van der Waals surface area contributed by atoms with Gasteiger partial charge in [-0.3, -0.25) is 0 Å². The molecule has 1 aromatic carbocycles. The summed E-state index contributed by atoms with van der Waals surface area (Å²) >= 11 is 0. The normalized spacial score (nSPS) is 18.6. The van der Waals surface area contributed by atoms with Crippen molar-refractivity contribution >= 4 is 0 Å². The number of nitrogens with one attached hydrogen (secondary N) is 1. The van der Waals surface area contributed by atoms with Crippen LogP contribution < -0.4 is 10.1 Å². The van der Waals surface area contributed by atoms with Gasteiger partial charge in [0.2, 0.25) is 5.89 Å². The Labute approximate surface area is 124 Å². The quantitative estimate of drug-likeness (QED) is 0.913. The fourth-order valence-corrected chi connectivity index (χ4v) is 2.76. The van der Waals surface area contributed by atoms with Crippen LogP contribution in [-0.2, 0) is 12.8 Å². The van der Waals surface area contributed by atoms with Crippen molar-refractivity contribution < 1.29 is 9.26 Å². The summed E-state index contributed by atoms with van der Waals surface area (Å²) in [6, 6.07) is 7.95. The van der Waals surface area contributed by atoms with E-state index in [4.69, 9.17) is 9.26 Å². The van der Waals surface area contributed by atoms with E-state index < -0.39 is 0 Å². The van der Waals surface area contributed by atoms with E-state index in [9.17, 15) is 0 Å². The minimum Gasteiger partial charge on any atom is -0.497 e. The van der Waals surface area contributed by atoms with Gasteiger partial charge in [-0.2, -0.15) is 4.98 Å². The number of piperidine rings is 1. The van der Waals surface area contributed by atoms with Gasteiger partial charge in [0.15, 0.2) is 5.82 Å². The van der Waals surface area contributed by atoms with Crippen molar-refractivity contribution in [2.24, 2.45) is 5.92 Å². The Morgan fingerprint density at radius 2 is 2.38 bits per heavy atom. The van der Waals surface area contributed by atoms with Crippen molar-refractivity contribution in [3.05, 3.63) is 41.5 Å². The second-order valence-electron chi connectivity index (χ2n) is 5.55. The number of benzene rings is 1. The number of hydrogen-bond acceptors (Lipinski definition) is 5. The van der Waals surface area contributed by atoms with Crippen molar-refractivity contribution in [1.82, 2.24) is 15.5 Å². The molecule has 5 nitrogen and oxygen atoms in total. The lowest BCUT2D eigenvalue weighted by atomic mass is 9.96. The lowest BCUT2D eigenvalue weighted by Gasteiger charge is -2.20. The molecule has 2 heterocycles. The fraction of sp³-hybridized carbons (Fsp3) is 0.500. The standard InChI is InChI=1S/C16H21N3O2/c1-20-14-6-2-4-12(8-14)9-15-18-16(21-19-15)10-13-5-3-7-17-11-13/h2,4,6,8,13,17H,3,5,7,9-11H2,1H3. The molecule has 0 bridgehead atoms. The van der Waals surface area contributed by atoms with Gasteiger partial charge in [-0.25, -0.2) is 0 Å². The van der Waals surface area contributed by atoms with E-state index in [1.165, 1.54) is 12.8 Å². The first-order chi connectivity index (χ1) is 10.3. The highest BCUT2D eigenvalue weighted by atomic mass is 16.5. The first-order valence-corrected chi connectivity index (χ1v) is 7.48. The van der Waals surface area contributed by atoms with Crippen LogP contribution in [-0.4, -0.2) is 30.3 Å². The van der Waals surface area contributed by atoms with Crippen LogP contribution in [0.1, 0.15) is 30.1 Å². The van der Waals surface area contributed by atoms with Crippen molar-refractivity contribution in [3.63, 3.8) is 0 Å². The molecule has 2 aromatic rings. The van der Waals surface area contributed by atoms with E-state index in [0.717, 1.165) is 42.5 Å². The second-order valence-corrected chi connectivity index (χ2v) is 5.55. The van der Waals surface area contributed by atoms with Gasteiger partial charge in [-0.05, 0) is 49.5 Å². The highest BCUT2D eigenvalue weighted by Crippen LogP contribution is 2.17. The molecular formula is C16H21N3O2. The summed E-state index contributed by atoms with van der Waals surface area (Å²) in [5, 5.41) is 7.50. The molecular weight excluding hydrogens is 266 g/mol. The predicted molar refractivity (Wildman–Crippen MR) is 79.4 cm³/mol. The zero-order chi connectivity index (χ0) is 14.5. The Hall–Kier alpha value is -1.88. The van der Waals surface area contributed by atoms with Gasteiger partial charge in [0.1, 0.15) is 5.75 Å². The lowest BCUT2D eigenvalue weighted by Crippen LogP contribution is -2.30. The Balaban J connectivity index is 1.61. The number of ether oxygens (including phenoxy) is 1. The molecule has 1 unspecified atom stereocenters. The highest BCUT2D eigenvalue weighted by molar-refractivity contribution is 5.30. The molecule has 0 radical (unpaired) electrons. The Morgan fingerprint density at radius 1 is 1.43 bits per heavy atom. The predicted octanol–water partition coefficient (Wildman–Crippen LogP) is 2.21. The summed E-state index contributed by atoms with van der Waals surface area (Å²) in [4.78, 5) is 4.51. The van der Waals surface area contributed by atoms with E-state index in [0.29, 0.717) is 12.3 Å². The van der Waals surface area contributed by atoms with Gasteiger partial charge in [0, 0.05) is 12.8 Å². The molecule has 5 heteroatoms. The van der Waals surface area contributed by atoms with Gasteiger partial charge in [-0.15, -0.1) is 0 Å². The van der Waals surface area contributed by atoms with Crippen molar-refractivity contribution in [3.8, 4) is 5.75 Å². The van der Waals surface area contributed by atoms with Gasteiger partial charge >= 0.3 is 0 Å². The van der Waals surface area contributed by atoms with Crippen LogP contribution in [0, 0.1) is 5.92 Å². The van der Waals surface area contributed by atoms with Crippen molar-refractivity contribution in [2.75, 3.05) is 20.2 Å². The Bertz CT molecular complexity index is 576. The van der Waals surface area contributed by atoms with E-state index >= 15 is 0 Å². The molecule has 0 aliphatic carbocycles.